The summed E-state index contributed by atoms with van der Waals surface area (Å²) in [6.07, 6.45) is 3.76. The zero-order chi connectivity index (χ0) is 21.5. The number of rotatable bonds is 5. The zero-order valence-electron chi connectivity index (χ0n) is 16.3. The fourth-order valence-electron chi connectivity index (χ4n) is 3.93. The van der Waals surface area contributed by atoms with Gasteiger partial charge in [0, 0.05) is 18.7 Å². The van der Waals surface area contributed by atoms with Crippen molar-refractivity contribution in [1.29, 1.82) is 0 Å². The molecular weight excluding hydrogens is 406 g/mol. The van der Waals surface area contributed by atoms with E-state index in [1.807, 2.05) is 0 Å². The van der Waals surface area contributed by atoms with Gasteiger partial charge >= 0.3 is 0 Å². The summed E-state index contributed by atoms with van der Waals surface area (Å²) in [5, 5.41) is 4.82. The minimum Gasteiger partial charge on any atom is -0.321 e. The first kappa shape index (κ1) is 20.2. The van der Waals surface area contributed by atoms with Crippen molar-refractivity contribution in [3.05, 3.63) is 59.2 Å². The summed E-state index contributed by atoms with van der Waals surface area (Å²) in [6, 6.07) is 10.3. The number of amides is 3. The SMILES string of the molecule is CN(C1CCCC1)S(=O)(=O)c1ccc(C(=O)Nc2cccc3c2C(=O)NC3=O)cc1. The third-order valence-corrected chi connectivity index (χ3v) is 7.57. The molecule has 1 aliphatic heterocycles. The van der Waals surface area contributed by atoms with Crippen LogP contribution < -0.4 is 10.6 Å². The van der Waals surface area contributed by atoms with E-state index >= 15 is 0 Å². The summed E-state index contributed by atoms with van der Waals surface area (Å²) in [5.74, 6) is -1.59. The first-order valence-electron chi connectivity index (χ1n) is 9.67. The van der Waals surface area contributed by atoms with Gasteiger partial charge in [-0.25, -0.2) is 8.42 Å². The Morgan fingerprint density at radius 3 is 2.37 bits per heavy atom. The molecule has 2 aliphatic rings. The average Bonchev–Trinajstić information content (AvgIpc) is 3.36. The van der Waals surface area contributed by atoms with Gasteiger partial charge in [-0.3, -0.25) is 19.7 Å². The lowest BCUT2D eigenvalue weighted by atomic mass is 10.1. The van der Waals surface area contributed by atoms with Crippen LogP contribution in [0.25, 0.3) is 0 Å². The third kappa shape index (κ3) is 3.50. The molecule has 9 heteroatoms. The van der Waals surface area contributed by atoms with Gasteiger partial charge in [-0.05, 0) is 49.2 Å². The molecule has 1 saturated carbocycles. The summed E-state index contributed by atoms with van der Waals surface area (Å²) < 4.78 is 27.1. The molecule has 1 heterocycles. The van der Waals surface area contributed by atoms with Gasteiger partial charge in [-0.1, -0.05) is 18.9 Å². The van der Waals surface area contributed by atoms with Crippen LogP contribution in [-0.4, -0.2) is 43.5 Å². The zero-order valence-corrected chi connectivity index (χ0v) is 17.2. The molecule has 0 radical (unpaired) electrons. The molecule has 3 amide bonds. The number of sulfonamides is 1. The Balaban J connectivity index is 1.53. The van der Waals surface area contributed by atoms with Crippen molar-refractivity contribution >= 4 is 33.4 Å². The predicted octanol–water partition coefficient (Wildman–Crippen LogP) is 2.39. The number of carbonyl (C=O) groups excluding carboxylic acids is 3. The highest BCUT2D eigenvalue weighted by Crippen LogP contribution is 2.28. The number of nitrogens with one attached hydrogen (secondary N) is 2. The second-order valence-electron chi connectivity index (χ2n) is 7.45. The number of carbonyl (C=O) groups is 3. The number of imide groups is 1. The molecular formula is C21H21N3O5S. The average molecular weight is 427 g/mol. The van der Waals surface area contributed by atoms with Crippen LogP contribution in [0.4, 0.5) is 5.69 Å². The van der Waals surface area contributed by atoms with Crippen LogP contribution >= 0.6 is 0 Å². The van der Waals surface area contributed by atoms with E-state index in [0.717, 1.165) is 25.7 Å². The molecule has 8 nitrogen and oxygen atoms in total. The summed E-state index contributed by atoms with van der Waals surface area (Å²) in [4.78, 5) is 36.5. The predicted molar refractivity (Wildman–Crippen MR) is 110 cm³/mol. The Hall–Kier alpha value is -3.04. The van der Waals surface area contributed by atoms with Gasteiger partial charge in [-0.15, -0.1) is 0 Å². The van der Waals surface area contributed by atoms with Crippen molar-refractivity contribution in [1.82, 2.24) is 9.62 Å². The molecule has 1 fully saturated rings. The van der Waals surface area contributed by atoms with Crippen molar-refractivity contribution in [3.8, 4) is 0 Å². The highest BCUT2D eigenvalue weighted by molar-refractivity contribution is 7.89. The molecule has 156 valence electrons. The Bertz CT molecular complexity index is 1140. The van der Waals surface area contributed by atoms with E-state index in [2.05, 4.69) is 10.6 Å². The summed E-state index contributed by atoms with van der Waals surface area (Å²) in [6.45, 7) is 0. The van der Waals surface area contributed by atoms with Crippen LogP contribution in [-0.2, 0) is 10.0 Å². The number of nitrogens with zero attached hydrogens (tertiary/aromatic N) is 1. The largest absolute Gasteiger partial charge is 0.321 e. The first-order chi connectivity index (χ1) is 14.3. The standard InChI is InChI=1S/C21H21N3O5S/c1-24(14-5-2-3-6-14)30(28,29)15-11-9-13(10-12-15)19(25)22-17-8-4-7-16-18(17)21(27)23-20(16)26/h4,7-12,14H,2-3,5-6H2,1H3,(H,22,25)(H,23,26,27). The van der Waals surface area contributed by atoms with Crippen molar-refractivity contribution in [3.63, 3.8) is 0 Å². The minimum atomic E-state index is -3.63. The maximum Gasteiger partial charge on any atom is 0.261 e. The molecule has 2 aromatic rings. The second kappa shape index (κ2) is 7.66. The van der Waals surface area contributed by atoms with Crippen molar-refractivity contribution in [2.24, 2.45) is 0 Å². The number of fused-ring (bicyclic) bond motifs is 1. The molecule has 0 spiro atoms. The van der Waals surface area contributed by atoms with Crippen molar-refractivity contribution in [2.45, 2.75) is 36.6 Å². The maximum atomic E-state index is 12.8. The molecule has 4 rings (SSSR count). The van der Waals surface area contributed by atoms with Crippen molar-refractivity contribution in [2.75, 3.05) is 12.4 Å². The van der Waals surface area contributed by atoms with Crippen LogP contribution in [0.5, 0.6) is 0 Å². The number of hydrogen-bond acceptors (Lipinski definition) is 5. The van der Waals surface area contributed by atoms with Crippen LogP contribution in [0, 0.1) is 0 Å². The van der Waals surface area contributed by atoms with Gasteiger partial charge in [-0.2, -0.15) is 4.31 Å². The lowest BCUT2D eigenvalue weighted by Gasteiger charge is -2.23. The van der Waals surface area contributed by atoms with E-state index in [0.29, 0.717) is 0 Å². The highest BCUT2D eigenvalue weighted by Gasteiger charge is 2.31. The van der Waals surface area contributed by atoms with Gasteiger partial charge < -0.3 is 5.32 Å². The van der Waals surface area contributed by atoms with Crippen LogP contribution in [0.15, 0.2) is 47.4 Å². The van der Waals surface area contributed by atoms with Gasteiger partial charge in [0.1, 0.15) is 0 Å². The van der Waals surface area contributed by atoms with Crippen LogP contribution in [0.3, 0.4) is 0 Å². The molecule has 0 unspecified atom stereocenters. The topological polar surface area (TPSA) is 113 Å². The lowest BCUT2D eigenvalue weighted by Crippen LogP contribution is -2.35. The molecule has 0 aromatic heterocycles. The fourth-order valence-corrected chi connectivity index (χ4v) is 5.34. The molecule has 0 saturated heterocycles. The van der Waals surface area contributed by atoms with E-state index in [4.69, 9.17) is 0 Å². The molecule has 2 N–H and O–H groups in total. The van der Waals surface area contributed by atoms with Gasteiger partial charge in [0.15, 0.2) is 0 Å². The van der Waals surface area contributed by atoms with E-state index in [1.54, 1.807) is 13.1 Å². The van der Waals surface area contributed by atoms with Gasteiger partial charge in [0.2, 0.25) is 10.0 Å². The second-order valence-corrected chi connectivity index (χ2v) is 9.45. The Morgan fingerprint density at radius 1 is 1.03 bits per heavy atom. The van der Waals surface area contributed by atoms with Crippen LogP contribution in [0.1, 0.15) is 56.8 Å². The van der Waals surface area contributed by atoms with E-state index < -0.39 is 27.7 Å². The number of hydrogen-bond donors (Lipinski definition) is 2. The number of anilines is 1. The van der Waals surface area contributed by atoms with E-state index in [1.165, 1.54) is 40.7 Å². The Kier molecular flexibility index (Phi) is 5.17. The monoisotopic (exact) mass is 427 g/mol. The van der Waals surface area contributed by atoms with Gasteiger partial charge in [0.25, 0.3) is 17.7 Å². The van der Waals surface area contributed by atoms with Gasteiger partial charge in [0.05, 0.1) is 21.7 Å². The minimum absolute atomic E-state index is 0.00649. The fraction of sp³-hybridized carbons (Fsp3) is 0.286. The summed E-state index contributed by atoms with van der Waals surface area (Å²) in [7, 11) is -2.04. The molecule has 30 heavy (non-hydrogen) atoms. The quantitative estimate of drug-likeness (QED) is 0.712. The maximum absolute atomic E-state index is 12.8. The Labute approximate surface area is 174 Å². The summed E-state index contributed by atoms with van der Waals surface area (Å²) in [5.41, 5.74) is 0.778. The highest BCUT2D eigenvalue weighted by atomic mass is 32.2. The first-order valence-corrected chi connectivity index (χ1v) is 11.1. The molecule has 0 bridgehead atoms. The molecule has 0 atom stereocenters. The molecule has 2 aromatic carbocycles. The lowest BCUT2D eigenvalue weighted by molar-refractivity contribution is 0.0879. The van der Waals surface area contributed by atoms with E-state index in [9.17, 15) is 22.8 Å². The molecule has 1 aliphatic carbocycles. The Morgan fingerprint density at radius 2 is 1.70 bits per heavy atom. The van der Waals surface area contributed by atoms with Crippen LogP contribution in [0.2, 0.25) is 0 Å². The van der Waals surface area contributed by atoms with E-state index in [-0.39, 0.29) is 33.3 Å². The number of benzene rings is 2. The smallest absolute Gasteiger partial charge is 0.261 e. The third-order valence-electron chi connectivity index (χ3n) is 5.64. The normalized spacial score (nSPS) is 16.6. The summed E-state index contributed by atoms with van der Waals surface area (Å²) >= 11 is 0. The van der Waals surface area contributed by atoms with Crippen molar-refractivity contribution < 1.29 is 22.8 Å².